The molecule has 0 bridgehead atoms. The van der Waals surface area contributed by atoms with Gasteiger partial charge < -0.3 is 10.2 Å². The maximum atomic E-state index is 5.83. The summed E-state index contributed by atoms with van der Waals surface area (Å²) >= 11 is 7.78. The maximum absolute atomic E-state index is 5.83. The number of hydrogen-bond donors (Lipinski definition) is 1. The van der Waals surface area contributed by atoms with Gasteiger partial charge in [-0.3, -0.25) is 0 Å². The molecule has 0 radical (unpaired) electrons. The fraction of sp³-hybridized carbons (Fsp3) is 0.636. The normalized spacial score (nSPS) is 27.2. The van der Waals surface area contributed by atoms with Gasteiger partial charge in [-0.2, -0.15) is 0 Å². The molecule has 0 aliphatic carbocycles. The molecule has 2 rings (SSSR count). The molecule has 0 saturated carbocycles. The summed E-state index contributed by atoms with van der Waals surface area (Å²) in [5, 5.41) is 5.44. The van der Waals surface area contributed by atoms with E-state index in [1.807, 2.05) is 11.8 Å². The van der Waals surface area contributed by atoms with Crippen molar-refractivity contribution in [1.82, 2.24) is 10.2 Å². The SMILES string of the molecule is CN1CC2=C(NCC=C2)SC(CCCl)C1. The quantitative estimate of drug-likeness (QED) is 0.749. The number of halogens is 1. The van der Waals surface area contributed by atoms with Crippen molar-refractivity contribution in [1.29, 1.82) is 0 Å². The zero-order valence-electron chi connectivity index (χ0n) is 9.00. The van der Waals surface area contributed by atoms with Crippen molar-refractivity contribution in [2.24, 2.45) is 0 Å². The van der Waals surface area contributed by atoms with Crippen LogP contribution in [0.1, 0.15) is 6.42 Å². The third kappa shape index (κ3) is 2.92. The van der Waals surface area contributed by atoms with Crippen LogP contribution in [0.25, 0.3) is 0 Å². The summed E-state index contributed by atoms with van der Waals surface area (Å²) in [4.78, 5) is 2.38. The van der Waals surface area contributed by atoms with E-state index in [-0.39, 0.29) is 0 Å². The molecular weight excluding hydrogens is 228 g/mol. The lowest BCUT2D eigenvalue weighted by Crippen LogP contribution is -2.27. The standard InChI is InChI=1S/C11H17ClN2S/c1-14-7-9-3-2-6-13-11(9)15-10(8-14)4-5-12/h2-3,10,13H,4-8H2,1H3. The zero-order valence-corrected chi connectivity index (χ0v) is 10.6. The van der Waals surface area contributed by atoms with Gasteiger partial charge in [0.2, 0.25) is 0 Å². The van der Waals surface area contributed by atoms with Crippen LogP contribution in [0, 0.1) is 0 Å². The van der Waals surface area contributed by atoms with E-state index in [9.17, 15) is 0 Å². The van der Waals surface area contributed by atoms with Gasteiger partial charge in [-0.05, 0) is 19.0 Å². The number of likely N-dealkylation sites (N-methyl/N-ethyl adjacent to an activating group) is 1. The van der Waals surface area contributed by atoms with Crippen LogP contribution in [-0.2, 0) is 0 Å². The van der Waals surface area contributed by atoms with E-state index in [2.05, 4.69) is 29.4 Å². The third-order valence-electron chi connectivity index (χ3n) is 2.66. The average Bonchev–Trinajstić information content (AvgIpc) is 2.35. The lowest BCUT2D eigenvalue weighted by atomic mass is 10.2. The topological polar surface area (TPSA) is 15.3 Å². The second-order valence-electron chi connectivity index (χ2n) is 4.05. The predicted molar refractivity (Wildman–Crippen MR) is 68.4 cm³/mol. The number of nitrogens with zero attached hydrogens (tertiary/aromatic N) is 1. The van der Waals surface area contributed by atoms with E-state index in [1.54, 1.807) is 0 Å². The number of rotatable bonds is 2. The number of hydrogen-bond acceptors (Lipinski definition) is 3. The lowest BCUT2D eigenvalue weighted by Gasteiger charge is -2.18. The molecule has 0 amide bonds. The first-order valence-electron chi connectivity index (χ1n) is 5.34. The summed E-state index contributed by atoms with van der Waals surface area (Å²) < 4.78 is 0. The van der Waals surface area contributed by atoms with Crippen LogP contribution in [-0.4, -0.2) is 42.7 Å². The van der Waals surface area contributed by atoms with Gasteiger partial charge in [0, 0.05) is 30.8 Å². The van der Waals surface area contributed by atoms with Crippen molar-refractivity contribution in [2.45, 2.75) is 11.7 Å². The van der Waals surface area contributed by atoms with Crippen LogP contribution in [0.4, 0.5) is 0 Å². The monoisotopic (exact) mass is 244 g/mol. The molecule has 0 spiro atoms. The van der Waals surface area contributed by atoms with Crippen molar-refractivity contribution in [3.63, 3.8) is 0 Å². The number of alkyl halides is 1. The highest BCUT2D eigenvalue weighted by molar-refractivity contribution is 8.03. The Balaban J connectivity index is 2.11. The Bertz CT molecular complexity index is 288. The van der Waals surface area contributed by atoms with Crippen molar-refractivity contribution in [3.05, 3.63) is 22.8 Å². The van der Waals surface area contributed by atoms with E-state index in [1.165, 1.54) is 10.6 Å². The molecule has 0 aromatic heterocycles. The molecule has 0 aromatic carbocycles. The molecule has 2 aliphatic heterocycles. The Hall–Kier alpha value is -0.120. The van der Waals surface area contributed by atoms with Crippen LogP contribution >= 0.6 is 23.4 Å². The molecule has 1 unspecified atom stereocenters. The fourth-order valence-electron chi connectivity index (χ4n) is 1.96. The van der Waals surface area contributed by atoms with Gasteiger partial charge in [0.05, 0.1) is 5.03 Å². The summed E-state index contributed by atoms with van der Waals surface area (Å²) in [5.41, 5.74) is 1.42. The highest BCUT2D eigenvalue weighted by Gasteiger charge is 2.22. The van der Waals surface area contributed by atoms with Gasteiger partial charge in [0.15, 0.2) is 0 Å². The Morgan fingerprint density at radius 3 is 3.33 bits per heavy atom. The largest absolute Gasteiger partial charge is 0.376 e. The van der Waals surface area contributed by atoms with Crippen LogP contribution in [0.15, 0.2) is 22.8 Å². The van der Waals surface area contributed by atoms with Crippen LogP contribution < -0.4 is 5.32 Å². The first kappa shape index (κ1) is 11.4. The molecule has 15 heavy (non-hydrogen) atoms. The predicted octanol–water partition coefficient (Wildman–Crippen LogP) is 2.03. The first-order chi connectivity index (χ1) is 7.29. The van der Waals surface area contributed by atoms with E-state index < -0.39 is 0 Å². The molecule has 4 heteroatoms. The molecule has 0 fully saturated rings. The molecule has 0 saturated heterocycles. The highest BCUT2D eigenvalue weighted by atomic mass is 35.5. The van der Waals surface area contributed by atoms with Crippen molar-refractivity contribution in [3.8, 4) is 0 Å². The average molecular weight is 245 g/mol. The smallest absolute Gasteiger partial charge is 0.0732 e. The fourth-order valence-corrected chi connectivity index (χ4v) is 3.70. The Kier molecular flexibility index (Phi) is 4.00. The Morgan fingerprint density at radius 1 is 1.67 bits per heavy atom. The van der Waals surface area contributed by atoms with Gasteiger partial charge in [-0.25, -0.2) is 0 Å². The molecule has 0 aromatic rings. The van der Waals surface area contributed by atoms with Crippen molar-refractivity contribution < 1.29 is 0 Å². The van der Waals surface area contributed by atoms with E-state index >= 15 is 0 Å². The molecule has 2 heterocycles. The molecule has 1 N–H and O–H groups in total. The number of dihydropyridines is 1. The van der Waals surface area contributed by atoms with Crippen LogP contribution in [0.5, 0.6) is 0 Å². The maximum Gasteiger partial charge on any atom is 0.0732 e. The Labute approximate surface area is 101 Å². The van der Waals surface area contributed by atoms with E-state index in [0.29, 0.717) is 5.25 Å². The molecule has 2 aliphatic rings. The van der Waals surface area contributed by atoms with Crippen LogP contribution in [0.2, 0.25) is 0 Å². The summed E-state index contributed by atoms with van der Waals surface area (Å²) in [6.07, 6.45) is 5.52. The Morgan fingerprint density at radius 2 is 2.53 bits per heavy atom. The van der Waals surface area contributed by atoms with Gasteiger partial charge in [0.25, 0.3) is 0 Å². The molecule has 2 nitrogen and oxygen atoms in total. The lowest BCUT2D eigenvalue weighted by molar-refractivity contribution is 0.364. The molecular formula is C11H17ClN2S. The van der Waals surface area contributed by atoms with Crippen molar-refractivity contribution >= 4 is 23.4 Å². The summed E-state index contributed by atoms with van der Waals surface area (Å²) in [5.74, 6) is 0.754. The number of nitrogens with one attached hydrogen (secondary N) is 1. The van der Waals surface area contributed by atoms with E-state index in [0.717, 1.165) is 31.9 Å². The number of thioether (sulfide) groups is 1. The second-order valence-corrected chi connectivity index (χ2v) is 5.74. The van der Waals surface area contributed by atoms with Crippen molar-refractivity contribution in [2.75, 3.05) is 32.6 Å². The van der Waals surface area contributed by atoms with Gasteiger partial charge in [0.1, 0.15) is 0 Å². The minimum Gasteiger partial charge on any atom is -0.376 e. The minimum absolute atomic E-state index is 0.624. The third-order valence-corrected chi connectivity index (χ3v) is 4.24. The highest BCUT2D eigenvalue weighted by Crippen LogP contribution is 2.30. The first-order valence-corrected chi connectivity index (χ1v) is 6.75. The zero-order chi connectivity index (χ0) is 10.7. The van der Waals surface area contributed by atoms with E-state index in [4.69, 9.17) is 11.6 Å². The van der Waals surface area contributed by atoms with Crippen LogP contribution in [0.3, 0.4) is 0 Å². The van der Waals surface area contributed by atoms with Gasteiger partial charge in [-0.15, -0.1) is 23.4 Å². The second kappa shape index (κ2) is 5.28. The van der Waals surface area contributed by atoms with Gasteiger partial charge in [-0.1, -0.05) is 12.2 Å². The summed E-state index contributed by atoms with van der Waals surface area (Å²) in [7, 11) is 2.18. The molecule has 84 valence electrons. The van der Waals surface area contributed by atoms with Gasteiger partial charge >= 0.3 is 0 Å². The summed E-state index contributed by atoms with van der Waals surface area (Å²) in [6.45, 7) is 3.13. The summed E-state index contributed by atoms with van der Waals surface area (Å²) in [6, 6.07) is 0. The molecule has 1 atom stereocenters. The minimum atomic E-state index is 0.624.